The maximum absolute atomic E-state index is 7.88. The molecule has 378 valence electrons. The molecule has 3 aliphatic rings. The van der Waals surface area contributed by atoms with Crippen molar-refractivity contribution in [1.82, 2.24) is 0 Å². The molecule has 4 nitrogen and oxygen atoms in total. The predicted molar refractivity (Wildman–Crippen MR) is 290 cm³/mol. The maximum atomic E-state index is 7.88. The van der Waals surface area contributed by atoms with Crippen LogP contribution in [0.1, 0.15) is 209 Å². The first-order chi connectivity index (χ1) is 30.1. The summed E-state index contributed by atoms with van der Waals surface area (Å²) in [5.74, 6) is 4.54. The van der Waals surface area contributed by atoms with Gasteiger partial charge in [0.1, 0.15) is 0 Å². The summed E-state index contributed by atoms with van der Waals surface area (Å²) in [7, 11) is -9.06. The Kier molecular flexibility index (Phi) is 21.0. The molecule has 2 aromatic rings. The molecule has 0 bridgehead atoms. The van der Waals surface area contributed by atoms with Crippen LogP contribution in [0.5, 0.6) is 23.0 Å². The van der Waals surface area contributed by atoms with Crippen molar-refractivity contribution in [2.45, 2.75) is 253 Å². The molecule has 0 aromatic heterocycles. The van der Waals surface area contributed by atoms with Crippen molar-refractivity contribution in [3.8, 4) is 23.0 Å². The van der Waals surface area contributed by atoms with Crippen LogP contribution in [0.15, 0.2) is 35.4 Å². The van der Waals surface area contributed by atoms with E-state index in [1.165, 1.54) is 22.3 Å². The first kappa shape index (κ1) is 60.8. The van der Waals surface area contributed by atoms with E-state index in [1.54, 1.807) is 11.1 Å². The molecule has 0 spiro atoms. The molecule has 67 heavy (non-hydrogen) atoms. The smallest absolute Gasteiger partial charge is 1.00 e. The second-order valence-electron chi connectivity index (χ2n) is 24.4. The van der Waals surface area contributed by atoms with Gasteiger partial charge in [-0.1, -0.05) is 0 Å². The summed E-state index contributed by atoms with van der Waals surface area (Å²) < 4.78 is 32.0. The summed E-state index contributed by atoms with van der Waals surface area (Å²) in [5, 5.41) is 0. The quantitative estimate of drug-likeness (QED) is 0.124. The van der Waals surface area contributed by atoms with Crippen LogP contribution in [-0.4, -0.2) is 33.3 Å². The van der Waals surface area contributed by atoms with Crippen molar-refractivity contribution in [3.63, 3.8) is 0 Å². The van der Waals surface area contributed by atoms with E-state index in [0.717, 1.165) is 35.8 Å². The fourth-order valence-corrected chi connectivity index (χ4v) is 41.1. The summed E-state index contributed by atoms with van der Waals surface area (Å²) in [6, 6.07) is 9.44. The van der Waals surface area contributed by atoms with E-state index in [4.69, 9.17) is 17.7 Å². The van der Waals surface area contributed by atoms with E-state index < -0.39 is 56.5 Å². The SMILES string of the molecule is CC(C)[Si](Oc1ccc(O[Si](C(C)C)(C(C)C)C(C)C)c2c1C=C1CCC3=Cc4c(O[Si](C(C)C)(C(C)C)C(C)C)ccc(O[Si](C(C)C)(C(C)C)C(C)C)c4[CH]3[Zr+2][CH]12)(C(C)C)C(C)C.[Cl-].[Cl-]. The van der Waals surface area contributed by atoms with Crippen molar-refractivity contribution in [1.29, 1.82) is 0 Å². The fourth-order valence-electron chi connectivity index (χ4n) is 14.8. The zero-order chi connectivity index (χ0) is 49.0. The molecular formula is C56H96Cl2O4Si4Zr. The minimum absolute atomic E-state index is 0. The van der Waals surface area contributed by atoms with E-state index in [-0.39, 0.29) is 24.8 Å². The van der Waals surface area contributed by atoms with Gasteiger partial charge in [0.2, 0.25) is 0 Å². The standard InChI is InChI=1S/C56H96O4Si4.2ClH.Zr/c1-35(2)61(36(3)4,37(5)6)57-53-27-28-54(58-62(38(7)8,39(9)10)40(11)12)50-32-47(31-49(50)53)25-26-48-33-51-52(34-48)56(60-64(44(19)20,45(21)22)46(23)24)30-29-55(51)59-63(41(13)14,42(15)16)43(17)18;;;/h27-46H,25-26H2,1-24H3;2*1H;/q;;;+2/p-2. The number of hydrogen-bond donors (Lipinski definition) is 0. The minimum atomic E-state index is -2.28. The Morgan fingerprint density at radius 2 is 0.537 bits per heavy atom. The van der Waals surface area contributed by atoms with Crippen LogP contribution in [0.4, 0.5) is 0 Å². The molecule has 1 heterocycles. The van der Waals surface area contributed by atoms with E-state index in [0.29, 0.717) is 73.7 Å². The third-order valence-corrected chi connectivity index (χ3v) is 46.2. The Bertz CT molecular complexity index is 1820. The Morgan fingerprint density at radius 3 is 0.746 bits per heavy atom. The Balaban J connectivity index is 0.00000595. The topological polar surface area (TPSA) is 36.9 Å². The van der Waals surface area contributed by atoms with Gasteiger partial charge < -0.3 is 24.8 Å². The monoisotopic (exact) mass is 1100 g/mol. The van der Waals surface area contributed by atoms with Gasteiger partial charge in [-0.05, 0) is 0 Å². The second-order valence-corrected chi connectivity index (χ2v) is 49.6. The molecule has 2 aliphatic carbocycles. The van der Waals surface area contributed by atoms with Crippen LogP contribution in [0, 0.1) is 0 Å². The number of fused-ring (bicyclic) bond motifs is 6. The number of benzene rings is 2. The molecule has 5 rings (SSSR count). The van der Waals surface area contributed by atoms with Crippen LogP contribution < -0.4 is 42.5 Å². The average Bonchev–Trinajstić information content (AvgIpc) is 3.69. The molecule has 0 N–H and O–H groups in total. The second kappa shape index (κ2) is 23.1. The molecule has 2 atom stereocenters. The molecule has 2 aromatic carbocycles. The molecule has 11 heteroatoms. The largest absolute Gasteiger partial charge is 1.00 e. The number of halogens is 2. The van der Waals surface area contributed by atoms with Gasteiger partial charge in [0, 0.05) is 0 Å². The average molecular weight is 1110 g/mol. The van der Waals surface area contributed by atoms with Gasteiger partial charge in [0.05, 0.1) is 0 Å². The molecule has 1 saturated heterocycles. The van der Waals surface area contributed by atoms with Crippen molar-refractivity contribution in [3.05, 3.63) is 57.7 Å². The Morgan fingerprint density at radius 1 is 0.343 bits per heavy atom. The first-order valence-electron chi connectivity index (χ1n) is 26.4. The summed E-state index contributed by atoms with van der Waals surface area (Å²) in [4.78, 5) is 0. The predicted octanol–water partition coefficient (Wildman–Crippen LogP) is 13.4. The fraction of sp³-hybridized carbons (Fsp3) is 0.714. The molecule has 1 aliphatic heterocycles. The number of allylic oxidation sites excluding steroid dienone is 2. The zero-order valence-corrected chi connectivity index (χ0v) is 54.8. The third kappa shape index (κ3) is 10.5. The van der Waals surface area contributed by atoms with Gasteiger partial charge in [-0.25, -0.2) is 0 Å². The molecule has 0 radical (unpaired) electrons. The van der Waals surface area contributed by atoms with Crippen molar-refractivity contribution < 1.29 is 65.8 Å². The summed E-state index contributed by atoms with van der Waals surface area (Å²) >= 11 is -1.34. The number of hydrogen-bond acceptors (Lipinski definition) is 4. The van der Waals surface area contributed by atoms with Gasteiger partial charge in [-0.15, -0.1) is 0 Å². The number of rotatable bonds is 20. The van der Waals surface area contributed by atoms with Crippen molar-refractivity contribution in [2.75, 3.05) is 0 Å². The van der Waals surface area contributed by atoms with Gasteiger partial charge in [0.25, 0.3) is 0 Å². The Hall–Kier alpha value is -0.549. The van der Waals surface area contributed by atoms with Gasteiger partial charge >= 0.3 is 420 Å². The van der Waals surface area contributed by atoms with Crippen LogP contribution in [0.25, 0.3) is 12.2 Å². The third-order valence-electron chi connectivity index (χ3n) is 17.4. The van der Waals surface area contributed by atoms with Crippen LogP contribution in [-0.2, 0) is 23.2 Å². The van der Waals surface area contributed by atoms with E-state index in [1.807, 2.05) is 0 Å². The van der Waals surface area contributed by atoms with Gasteiger partial charge in [-0.3, -0.25) is 0 Å². The summed E-state index contributed by atoms with van der Waals surface area (Å²) in [6.07, 6.45) is 7.40. The summed E-state index contributed by atoms with van der Waals surface area (Å²) in [5.41, 5.74) is 14.7. The minimum Gasteiger partial charge on any atom is -1.00 e. The molecule has 0 amide bonds. The van der Waals surface area contributed by atoms with Crippen LogP contribution >= 0.6 is 0 Å². The molecule has 1 fully saturated rings. The summed E-state index contributed by atoms with van der Waals surface area (Å²) in [6.45, 7) is 58.2. The van der Waals surface area contributed by atoms with Gasteiger partial charge in [-0.2, -0.15) is 0 Å². The first-order valence-corrected chi connectivity index (χ1v) is 37.8. The van der Waals surface area contributed by atoms with Crippen LogP contribution in [0.3, 0.4) is 0 Å². The molecule has 0 saturated carbocycles. The van der Waals surface area contributed by atoms with Crippen molar-refractivity contribution in [2.24, 2.45) is 0 Å². The van der Waals surface area contributed by atoms with E-state index in [2.05, 4.69) is 203 Å². The van der Waals surface area contributed by atoms with Crippen molar-refractivity contribution >= 4 is 45.4 Å². The molecular weight excluding hydrogens is 1010 g/mol. The maximum Gasteiger partial charge on any atom is -1.00 e. The molecule has 2 unspecified atom stereocenters. The van der Waals surface area contributed by atoms with E-state index >= 15 is 0 Å². The van der Waals surface area contributed by atoms with E-state index in [9.17, 15) is 0 Å². The Labute approximate surface area is 441 Å². The van der Waals surface area contributed by atoms with Gasteiger partial charge in [0.15, 0.2) is 0 Å². The normalized spacial score (nSPS) is 17.5. The van der Waals surface area contributed by atoms with Crippen LogP contribution in [0.2, 0.25) is 66.5 Å². The zero-order valence-electron chi connectivity index (χ0n) is 46.9.